The van der Waals surface area contributed by atoms with Crippen molar-refractivity contribution in [2.75, 3.05) is 19.4 Å². The van der Waals surface area contributed by atoms with Gasteiger partial charge in [0.15, 0.2) is 0 Å². The summed E-state index contributed by atoms with van der Waals surface area (Å²) in [6.45, 7) is 0. The first-order valence-corrected chi connectivity index (χ1v) is 12.2. The average molecular weight is 582 g/mol. The molecule has 16 heteroatoms. The molecule has 204 valence electrons. The number of halogens is 7. The highest BCUT2D eigenvalue weighted by atomic mass is 35.5. The number of aromatic nitrogens is 2. The molecule has 0 bridgehead atoms. The first-order chi connectivity index (χ1) is 17.5. The van der Waals surface area contributed by atoms with Crippen LogP contribution in [-0.4, -0.2) is 49.4 Å². The predicted octanol–water partition coefficient (Wildman–Crippen LogP) is 5.02. The number of anilines is 1. The molecule has 0 aliphatic carbocycles. The van der Waals surface area contributed by atoms with Crippen LogP contribution in [0.4, 0.5) is 32.0 Å². The topological polar surface area (TPSA) is 96.7 Å². The Hall–Kier alpha value is -3.59. The number of hydrogen-bond donors (Lipinski definition) is 1. The van der Waals surface area contributed by atoms with Crippen molar-refractivity contribution in [3.63, 3.8) is 0 Å². The van der Waals surface area contributed by atoms with E-state index in [-0.39, 0.29) is 16.7 Å². The minimum absolute atomic E-state index is 0.175. The van der Waals surface area contributed by atoms with Crippen LogP contribution in [0.15, 0.2) is 58.1 Å². The molecule has 0 aliphatic heterocycles. The zero-order valence-corrected chi connectivity index (χ0v) is 21.0. The molecule has 0 aliphatic rings. The van der Waals surface area contributed by atoms with Gasteiger partial charge in [-0.1, -0.05) is 29.8 Å². The van der Waals surface area contributed by atoms with Gasteiger partial charge >= 0.3 is 12.4 Å². The maximum absolute atomic E-state index is 14.0. The second-order valence-electron chi connectivity index (χ2n) is 8.01. The minimum Gasteiger partial charge on any atom is -0.368 e. The van der Waals surface area contributed by atoms with E-state index in [1.165, 1.54) is 31.1 Å². The summed E-state index contributed by atoms with van der Waals surface area (Å²) in [5, 5.41) is 5.60. The van der Waals surface area contributed by atoms with Gasteiger partial charge in [0.25, 0.3) is 10.0 Å². The largest absolute Gasteiger partial charge is 0.419 e. The van der Waals surface area contributed by atoms with E-state index in [4.69, 9.17) is 11.6 Å². The Kier molecular flexibility index (Phi) is 8.12. The van der Waals surface area contributed by atoms with Crippen molar-refractivity contribution in [2.24, 2.45) is 4.40 Å². The third-order valence-electron chi connectivity index (χ3n) is 4.84. The number of alkyl halides is 6. The van der Waals surface area contributed by atoms with Gasteiger partial charge in [0.05, 0.1) is 35.1 Å². The lowest BCUT2D eigenvalue weighted by Gasteiger charge is -2.18. The Morgan fingerprint density at radius 3 is 2.34 bits per heavy atom. The summed E-state index contributed by atoms with van der Waals surface area (Å²) in [6, 6.07) is 6.81. The second kappa shape index (κ2) is 10.6. The van der Waals surface area contributed by atoms with Crippen LogP contribution in [-0.2, 0) is 33.6 Å². The molecule has 1 N–H and O–H groups in total. The Morgan fingerprint density at radius 1 is 1.13 bits per heavy atom. The SMILES string of the molecule is CN(C)/C=N/S(=O)(=O)c1cc(NC(=O)Cc2ccccc2Cl)c(C(F)(F)F)cc1-n1cc(C(F)(F)F)cn1. The van der Waals surface area contributed by atoms with Gasteiger partial charge < -0.3 is 10.2 Å². The molecule has 3 aromatic rings. The van der Waals surface area contributed by atoms with Crippen LogP contribution in [0.25, 0.3) is 5.69 Å². The maximum atomic E-state index is 14.0. The van der Waals surface area contributed by atoms with E-state index < -0.39 is 62.1 Å². The molecule has 1 heterocycles. The summed E-state index contributed by atoms with van der Waals surface area (Å²) in [5.41, 5.74) is -4.40. The molecule has 38 heavy (non-hydrogen) atoms. The van der Waals surface area contributed by atoms with Gasteiger partial charge in [0.2, 0.25) is 5.91 Å². The summed E-state index contributed by atoms with van der Waals surface area (Å²) < 4.78 is 111. The van der Waals surface area contributed by atoms with Gasteiger partial charge in [-0.3, -0.25) is 4.79 Å². The summed E-state index contributed by atoms with van der Waals surface area (Å²) in [7, 11) is -1.97. The van der Waals surface area contributed by atoms with Gasteiger partial charge in [0.1, 0.15) is 11.2 Å². The van der Waals surface area contributed by atoms with Gasteiger partial charge in [-0.15, -0.1) is 4.40 Å². The molecule has 2 aromatic carbocycles. The fourth-order valence-electron chi connectivity index (χ4n) is 3.12. The lowest BCUT2D eigenvalue weighted by Crippen LogP contribution is -2.20. The number of amides is 1. The first-order valence-electron chi connectivity index (χ1n) is 10.4. The number of hydrogen-bond acceptors (Lipinski definition) is 4. The molecule has 0 spiro atoms. The zero-order chi connectivity index (χ0) is 28.5. The smallest absolute Gasteiger partial charge is 0.368 e. The van der Waals surface area contributed by atoms with Crippen molar-refractivity contribution >= 4 is 39.6 Å². The van der Waals surface area contributed by atoms with Gasteiger partial charge in [-0.2, -0.15) is 39.9 Å². The molecule has 0 saturated carbocycles. The van der Waals surface area contributed by atoms with E-state index >= 15 is 0 Å². The van der Waals surface area contributed by atoms with Crippen molar-refractivity contribution < 1.29 is 39.6 Å². The predicted molar refractivity (Wildman–Crippen MR) is 127 cm³/mol. The molecule has 1 amide bonds. The van der Waals surface area contributed by atoms with Crippen LogP contribution in [0.5, 0.6) is 0 Å². The Balaban J connectivity index is 2.21. The highest BCUT2D eigenvalue weighted by molar-refractivity contribution is 7.90. The number of nitrogens with one attached hydrogen (secondary N) is 1. The zero-order valence-electron chi connectivity index (χ0n) is 19.5. The number of carbonyl (C=O) groups is 1. The molecule has 0 unspecified atom stereocenters. The number of carbonyl (C=O) groups excluding carboxylic acids is 1. The lowest BCUT2D eigenvalue weighted by molar-refractivity contribution is -0.138. The summed E-state index contributed by atoms with van der Waals surface area (Å²) in [6.07, 6.45) is -9.02. The Bertz CT molecular complexity index is 1480. The quantitative estimate of drug-likeness (QED) is 0.240. The van der Waals surface area contributed by atoms with Crippen molar-refractivity contribution in [3.05, 3.63) is 70.5 Å². The maximum Gasteiger partial charge on any atom is 0.419 e. The first kappa shape index (κ1) is 29.0. The Morgan fingerprint density at radius 2 is 1.79 bits per heavy atom. The van der Waals surface area contributed by atoms with E-state index in [1.54, 1.807) is 12.1 Å². The number of sulfonamides is 1. The third kappa shape index (κ3) is 6.83. The number of nitrogens with zero attached hydrogens (tertiary/aromatic N) is 4. The van der Waals surface area contributed by atoms with Crippen LogP contribution < -0.4 is 5.32 Å². The average Bonchev–Trinajstić information content (AvgIpc) is 3.29. The molecular weight excluding hydrogens is 564 g/mol. The van der Waals surface area contributed by atoms with Crippen LogP contribution >= 0.6 is 11.6 Å². The van der Waals surface area contributed by atoms with Crippen LogP contribution in [0.1, 0.15) is 16.7 Å². The summed E-state index contributed by atoms with van der Waals surface area (Å²) in [4.78, 5) is 12.9. The van der Waals surface area contributed by atoms with E-state index in [2.05, 4.69) is 9.50 Å². The number of benzene rings is 2. The Labute approximate surface area is 217 Å². The fraction of sp³-hybridized carbons (Fsp3) is 0.227. The normalized spacial score (nSPS) is 12.7. The van der Waals surface area contributed by atoms with Crippen LogP contribution in [0.3, 0.4) is 0 Å². The van der Waals surface area contributed by atoms with E-state index in [1.807, 2.05) is 5.32 Å². The van der Waals surface area contributed by atoms with E-state index in [0.29, 0.717) is 23.1 Å². The highest BCUT2D eigenvalue weighted by Crippen LogP contribution is 2.40. The summed E-state index contributed by atoms with van der Waals surface area (Å²) >= 11 is 5.99. The highest BCUT2D eigenvalue weighted by Gasteiger charge is 2.38. The second-order valence-corrected chi connectivity index (χ2v) is 10.0. The molecule has 0 fully saturated rings. The van der Waals surface area contributed by atoms with Crippen molar-refractivity contribution in [1.82, 2.24) is 14.7 Å². The van der Waals surface area contributed by atoms with Gasteiger partial charge in [-0.05, 0) is 23.8 Å². The fourth-order valence-corrected chi connectivity index (χ4v) is 4.43. The summed E-state index contributed by atoms with van der Waals surface area (Å²) in [5.74, 6) is -0.963. The van der Waals surface area contributed by atoms with Crippen molar-refractivity contribution in [1.29, 1.82) is 0 Å². The molecule has 3 rings (SSSR count). The third-order valence-corrected chi connectivity index (χ3v) is 6.46. The van der Waals surface area contributed by atoms with Gasteiger partial charge in [-0.25, -0.2) is 4.68 Å². The van der Waals surface area contributed by atoms with E-state index in [0.717, 1.165) is 6.34 Å². The number of rotatable bonds is 7. The molecule has 0 radical (unpaired) electrons. The lowest BCUT2D eigenvalue weighted by atomic mass is 10.1. The van der Waals surface area contributed by atoms with Crippen molar-refractivity contribution in [3.8, 4) is 5.69 Å². The van der Waals surface area contributed by atoms with Crippen LogP contribution in [0, 0.1) is 0 Å². The van der Waals surface area contributed by atoms with Crippen LogP contribution in [0.2, 0.25) is 5.02 Å². The molecular formula is C22H18ClF6N5O3S. The standard InChI is InChI=1S/C22H18ClF6N5O3S/c1-33(2)12-31-38(36,37)19-9-17(32-20(35)7-13-5-3-4-6-16(13)23)15(22(27,28)29)8-18(19)34-11-14(10-30-34)21(24,25)26/h3-6,8-12H,7H2,1-2H3,(H,32,35)/b31-12+. The van der Waals surface area contributed by atoms with Crippen molar-refractivity contribution in [2.45, 2.75) is 23.7 Å². The molecule has 0 saturated heterocycles. The molecule has 0 atom stereocenters. The van der Waals surface area contributed by atoms with Gasteiger partial charge in [0, 0.05) is 25.3 Å². The molecule has 8 nitrogen and oxygen atoms in total. The monoisotopic (exact) mass is 581 g/mol. The van der Waals surface area contributed by atoms with E-state index in [9.17, 15) is 39.6 Å². The minimum atomic E-state index is -5.16. The molecule has 1 aromatic heterocycles.